The number of rotatable bonds is 3. The van der Waals surface area contributed by atoms with E-state index in [1.54, 1.807) is 0 Å². The lowest BCUT2D eigenvalue weighted by Crippen LogP contribution is -2.48. The average molecular weight is 242 g/mol. The molecule has 3 nitrogen and oxygen atoms in total. The molecule has 0 aliphatic carbocycles. The van der Waals surface area contributed by atoms with Gasteiger partial charge in [0.1, 0.15) is 0 Å². The molecule has 1 aliphatic heterocycles. The van der Waals surface area contributed by atoms with Gasteiger partial charge in [0.2, 0.25) is 0 Å². The number of nitrogens with zero attached hydrogens (tertiary/aromatic N) is 1. The van der Waals surface area contributed by atoms with Crippen LogP contribution in [0.15, 0.2) is 0 Å². The Morgan fingerprint density at radius 1 is 1.35 bits per heavy atom. The Balaban J connectivity index is 2.43. The maximum absolute atomic E-state index is 5.83. The predicted octanol–water partition coefficient (Wildman–Crippen LogP) is 2.26. The van der Waals surface area contributed by atoms with Gasteiger partial charge in [-0.1, -0.05) is 0 Å². The minimum atomic E-state index is -0.0249. The number of ether oxygens (including phenoxy) is 1. The maximum atomic E-state index is 5.83. The standard InChI is InChI=1S/C14H30N2O/c1-12-7-8-15-14(5,6)11-16(12)9-10-17-13(2,3)4/h12,15H,7-11H2,1-6H3. The zero-order valence-electron chi connectivity index (χ0n) is 12.5. The summed E-state index contributed by atoms with van der Waals surface area (Å²) in [6.45, 7) is 17.3. The van der Waals surface area contributed by atoms with Crippen molar-refractivity contribution in [3.8, 4) is 0 Å². The van der Waals surface area contributed by atoms with Crippen LogP contribution < -0.4 is 5.32 Å². The van der Waals surface area contributed by atoms with E-state index in [2.05, 4.69) is 51.8 Å². The fourth-order valence-corrected chi connectivity index (χ4v) is 2.29. The van der Waals surface area contributed by atoms with Crippen LogP contribution in [0.5, 0.6) is 0 Å². The van der Waals surface area contributed by atoms with Crippen LogP contribution in [-0.4, -0.2) is 48.3 Å². The molecule has 1 atom stereocenters. The van der Waals surface area contributed by atoms with Gasteiger partial charge in [0.25, 0.3) is 0 Å². The highest BCUT2D eigenvalue weighted by molar-refractivity contribution is 4.87. The van der Waals surface area contributed by atoms with Crippen molar-refractivity contribution in [1.82, 2.24) is 10.2 Å². The lowest BCUT2D eigenvalue weighted by atomic mass is 10.1. The summed E-state index contributed by atoms with van der Waals surface area (Å²) in [4.78, 5) is 2.55. The molecule has 0 radical (unpaired) electrons. The van der Waals surface area contributed by atoms with Crippen molar-refractivity contribution < 1.29 is 4.74 Å². The smallest absolute Gasteiger partial charge is 0.0600 e. The Kier molecular flexibility index (Phi) is 4.99. The second-order valence-corrected chi connectivity index (χ2v) is 6.88. The molecule has 3 heteroatoms. The third-order valence-electron chi connectivity index (χ3n) is 3.30. The van der Waals surface area contributed by atoms with Gasteiger partial charge in [-0.3, -0.25) is 4.90 Å². The van der Waals surface area contributed by atoms with E-state index in [1.807, 2.05) is 0 Å². The number of hydrogen-bond donors (Lipinski definition) is 1. The normalized spacial score (nSPS) is 26.8. The molecule has 0 aromatic carbocycles. The monoisotopic (exact) mass is 242 g/mol. The minimum Gasteiger partial charge on any atom is -0.375 e. The molecule has 0 saturated carbocycles. The Morgan fingerprint density at radius 2 is 2.00 bits per heavy atom. The van der Waals surface area contributed by atoms with Crippen LogP contribution in [0, 0.1) is 0 Å². The van der Waals surface area contributed by atoms with Gasteiger partial charge in [-0.25, -0.2) is 0 Å². The number of hydrogen-bond acceptors (Lipinski definition) is 3. The molecule has 102 valence electrons. The van der Waals surface area contributed by atoms with Gasteiger partial charge in [0.15, 0.2) is 0 Å². The van der Waals surface area contributed by atoms with E-state index in [1.165, 1.54) is 6.42 Å². The summed E-state index contributed by atoms with van der Waals surface area (Å²) in [7, 11) is 0. The molecular weight excluding hydrogens is 212 g/mol. The first-order valence-electron chi connectivity index (χ1n) is 6.83. The first kappa shape index (κ1) is 14.9. The summed E-state index contributed by atoms with van der Waals surface area (Å²) >= 11 is 0. The molecular formula is C14H30N2O. The Labute approximate surface area is 107 Å². The van der Waals surface area contributed by atoms with Crippen molar-refractivity contribution in [1.29, 1.82) is 0 Å². The van der Waals surface area contributed by atoms with Gasteiger partial charge < -0.3 is 10.1 Å². The van der Waals surface area contributed by atoms with E-state index >= 15 is 0 Å². The summed E-state index contributed by atoms with van der Waals surface area (Å²) in [6, 6.07) is 0.646. The quantitative estimate of drug-likeness (QED) is 0.821. The fourth-order valence-electron chi connectivity index (χ4n) is 2.29. The first-order chi connectivity index (χ1) is 7.70. The lowest BCUT2D eigenvalue weighted by molar-refractivity contribution is -0.0181. The van der Waals surface area contributed by atoms with Crippen molar-refractivity contribution >= 4 is 0 Å². The minimum absolute atomic E-state index is 0.0249. The topological polar surface area (TPSA) is 24.5 Å². The van der Waals surface area contributed by atoms with Crippen LogP contribution in [0.4, 0.5) is 0 Å². The highest BCUT2D eigenvalue weighted by atomic mass is 16.5. The third kappa shape index (κ3) is 5.84. The molecule has 0 aromatic heterocycles. The third-order valence-corrected chi connectivity index (χ3v) is 3.30. The highest BCUT2D eigenvalue weighted by Gasteiger charge is 2.27. The number of nitrogens with one attached hydrogen (secondary N) is 1. The fraction of sp³-hybridized carbons (Fsp3) is 1.00. The van der Waals surface area contributed by atoms with Crippen LogP contribution in [0.1, 0.15) is 48.0 Å². The van der Waals surface area contributed by atoms with Crippen molar-refractivity contribution in [2.45, 2.75) is 65.1 Å². The summed E-state index contributed by atoms with van der Waals surface area (Å²) in [5, 5.41) is 3.61. The zero-order chi connectivity index (χ0) is 13.1. The molecule has 1 N–H and O–H groups in total. The van der Waals surface area contributed by atoms with Crippen LogP contribution >= 0.6 is 0 Å². The molecule has 17 heavy (non-hydrogen) atoms. The van der Waals surface area contributed by atoms with Gasteiger partial charge in [0, 0.05) is 24.7 Å². The van der Waals surface area contributed by atoms with Gasteiger partial charge in [-0.05, 0) is 54.5 Å². The molecule has 1 rings (SSSR count). The van der Waals surface area contributed by atoms with Crippen molar-refractivity contribution in [2.75, 3.05) is 26.2 Å². The molecule has 1 unspecified atom stereocenters. The van der Waals surface area contributed by atoms with Crippen LogP contribution in [0.2, 0.25) is 0 Å². The molecule has 1 saturated heterocycles. The first-order valence-corrected chi connectivity index (χ1v) is 6.83. The predicted molar refractivity (Wildman–Crippen MR) is 73.4 cm³/mol. The van der Waals surface area contributed by atoms with Gasteiger partial charge >= 0.3 is 0 Å². The maximum Gasteiger partial charge on any atom is 0.0600 e. The second kappa shape index (κ2) is 5.68. The average Bonchev–Trinajstić information content (AvgIpc) is 2.24. The van der Waals surface area contributed by atoms with Crippen molar-refractivity contribution in [2.24, 2.45) is 0 Å². The van der Waals surface area contributed by atoms with E-state index in [4.69, 9.17) is 4.74 Å². The van der Waals surface area contributed by atoms with Crippen molar-refractivity contribution in [3.05, 3.63) is 0 Å². The SMILES string of the molecule is CC1CCNC(C)(C)CN1CCOC(C)(C)C. The molecule has 0 aromatic rings. The molecule has 0 amide bonds. The molecule has 1 fully saturated rings. The Morgan fingerprint density at radius 3 is 2.59 bits per heavy atom. The summed E-state index contributed by atoms with van der Waals surface area (Å²) < 4.78 is 5.83. The lowest BCUT2D eigenvalue weighted by Gasteiger charge is -2.33. The van der Waals surface area contributed by atoms with E-state index in [-0.39, 0.29) is 11.1 Å². The van der Waals surface area contributed by atoms with Crippen molar-refractivity contribution in [3.63, 3.8) is 0 Å². The molecule has 0 spiro atoms. The Bertz CT molecular complexity index is 233. The van der Waals surface area contributed by atoms with Crippen LogP contribution in [-0.2, 0) is 4.74 Å². The molecule has 1 aliphatic rings. The van der Waals surface area contributed by atoms with Gasteiger partial charge in [0.05, 0.1) is 12.2 Å². The Hall–Kier alpha value is -0.120. The largest absolute Gasteiger partial charge is 0.375 e. The van der Waals surface area contributed by atoms with Gasteiger partial charge in [-0.2, -0.15) is 0 Å². The summed E-state index contributed by atoms with van der Waals surface area (Å²) in [6.07, 6.45) is 1.22. The zero-order valence-corrected chi connectivity index (χ0v) is 12.5. The summed E-state index contributed by atoms with van der Waals surface area (Å²) in [5.41, 5.74) is 0.190. The molecule has 0 bridgehead atoms. The van der Waals surface area contributed by atoms with Crippen LogP contribution in [0.25, 0.3) is 0 Å². The van der Waals surface area contributed by atoms with E-state index < -0.39 is 0 Å². The van der Waals surface area contributed by atoms with Crippen LogP contribution in [0.3, 0.4) is 0 Å². The van der Waals surface area contributed by atoms with E-state index in [9.17, 15) is 0 Å². The summed E-state index contributed by atoms with van der Waals surface area (Å²) in [5.74, 6) is 0. The molecule has 1 heterocycles. The second-order valence-electron chi connectivity index (χ2n) is 6.88. The van der Waals surface area contributed by atoms with E-state index in [0.29, 0.717) is 6.04 Å². The van der Waals surface area contributed by atoms with Gasteiger partial charge in [-0.15, -0.1) is 0 Å². The van der Waals surface area contributed by atoms with E-state index in [0.717, 1.165) is 26.2 Å². The highest BCUT2D eigenvalue weighted by Crippen LogP contribution is 2.16.